The molecule has 0 saturated heterocycles. The third-order valence-electron chi connectivity index (χ3n) is 4.89. The molecule has 5 rings (SSSR count). The highest BCUT2D eigenvalue weighted by Gasteiger charge is 2.45. The Kier molecular flexibility index (Phi) is 1.48. The highest BCUT2D eigenvalue weighted by Crippen LogP contribution is 2.57. The lowest BCUT2D eigenvalue weighted by Crippen LogP contribution is -2.09. The van der Waals surface area contributed by atoms with Crippen LogP contribution in [0, 0.1) is 13.8 Å². The Morgan fingerprint density at radius 2 is 0.944 bits per heavy atom. The van der Waals surface area contributed by atoms with Crippen molar-refractivity contribution < 1.29 is 9.47 Å². The lowest BCUT2D eigenvalue weighted by atomic mass is 9.79. The molecule has 0 amide bonds. The zero-order valence-electron chi connectivity index (χ0n) is 10.4. The Morgan fingerprint density at radius 1 is 0.611 bits per heavy atom. The van der Waals surface area contributed by atoms with Crippen LogP contribution in [0.25, 0.3) is 0 Å². The van der Waals surface area contributed by atoms with Gasteiger partial charge in [-0.25, -0.2) is 0 Å². The number of fused-ring (bicyclic) bond motifs is 11. The minimum Gasteiger partial charge on any atom is -0.357 e. The number of ether oxygens (including phenoxy) is 2. The van der Waals surface area contributed by atoms with Crippen molar-refractivity contribution in [2.75, 3.05) is 0 Å². The van der Waals surface area contributed by atoms with Crippen LogP contribution in [0.15, 0.2) is 24.3 Å². The number of benzene rings is 1. The topological polar surface area (TPSA) is 18.5 Å². The first-order valence-corrected chi connectivity index (χ1v) is 6.60. The maximum Gasteiger partial charge on any atom is 0.103 e. The van der Waals surface area contributed by atoms with Crippen LogP contribution in [0.3, 0.4) is 0 Å². The van der Waals surface area contributed by atoms with Gasteiger partial charge in [0.2, 0.25) is 0 Å². The van der Waals surface area contributed by atoms with Gasteiger partial charge in [-0.15, -0.1) is 0 Å². The predicted octanol–water partition coefficient (Wildman–Crippen LogP) is 3.67. The largest absolute Gasteiger partial charge is 0.357 e. The van der Waals surface area contributed by atoms with Crippen LogP contribution in [-0.2, 0) is 9.47 Å². The van der Waals surface area contributed by atoms with Crippen LogP contribution < -0.4 is 0 Å². The maximum atomic E-state index is 6.02. The van der Waals surface area contributed by atoms with Gasteiger partial charge in [-0.2, -0.15) is 0 Å². The molecule has 1 aromatic carbocycles. The Morgan fingerprint density at radius 3 is 1.33 bits per heavy atom. The molecule has 0 unspecified atom stereocenters. The van der Waals surface area contributed by atoms with E-state index < -0.39 is 0 Å². The summed E-state index contributed by atoms with van der Waals surface area (Å²) >= 11 is 0. The first kappa shape index (κ1) is 9.54. The minimum absolute atomic E-state index is 0.161. The molecule has 0 saturated carbocycles. The van der Waals surface area contributed by atoms with Gasteiger partial charge in [0, 0.05) is 0 Å². The second-order valence-electron chi connectivity index (χ2n) is 5.63. The van der Waals surface area contributed by atoms with E-state index in [9.17, 15) is 0 Å². The first-order valence-electron chi connectivity index (χ1n) is 6.60. The van der Waals surface area contributed by atoms with E-state index in [0.717, 1.165) is 0 Å². The van der Waals surface area contributed by atoms with E-state index in [-0.39, 0.29) is 24.4 Å². The average molecular weight is 238 g/mol. The Labute approximate surface area is 106 Å². The molecule has 4 aliphatic heterocycles. The number of hydrogen-bond acceptors (Lipinski definition) is 2. The third-order valence-corrected chi connectivity index (χ3v) is 4.89. The highest BCUT2D eigenvalue weighted by molar-refractivity contribution is 5.62. The van der Waals surface area contributed by atoms with Crippen LogP contribution in [0.5, 0.6) is 0 Å². The number of rotatable bonds is 0. The van der Waals surface area contributed by atoms with E-state index in [2.05, 4.69) is 38.2 Å². The van der Waals surface area contributed by atoms with Crippen molar-refractivity contribution in [2.45, 2.75) is 38.3 Å². The summed E-state index contributed by atoms with van der Waals surface area (Å²) < 4.78 is 12.0. The van der Waals surface area contributed by atoms with Gasteiger partial charge in [0.25, 0.3) is 0 Å². The fourth-order valence-corrected chi connectivity index (χ4v) is 4.00. The summed E-state index contributed by atoms with van der Waals surface area (Å²) in [5, 5.41) is 0. The van der Waals surface area contributed by atoms with Crippen LogP contribution in [0.4, 0.5) is 0 Å². The Balaban J connectivity index is 1.92. The predicted molar refractivity (Wildman–Crippen MR) is 67.3 cm³/mol. The summed E-state index contributed by atoms with van der Waals surface area (Å²) in [4.78, 5) is 0. The lowest BCUT2D eigenvalue weighted by molar-refractivity contribution is 0.0793. The molecule has 4 bridgehead atoms. The van der Waals surface area contributed by atoms with Gasteiger partial charge >= 0.3 is 0 Å². The van der Waals surface area contributed by atoms with Gasteiger partial charge in [-0.05, 0) is 47.2 Å². The van der Waals surface area contributed by atoms with Gasteiger partial charge in [0.1, 0.15) is 24.4 Å². The van der Waals surface area contributed by atoms with Gasteiger partial charge in [-0.1, -0.05) is 24.3 Å². The van der Waals surface area contributed by atoms with Crippen LogP contribution in [0.2, 0.25) is 0 Å². The molecule has 18 heavy (non-hydrogen) atoms. The van der Waals surface area contributed by atoms with Gasteiger partial charge < -0.3 is 9.47 Å². The molecule has 90 valence electrons. The molecular weight excluding hydrogens is 224 g/mol. The fourth-order valence-electron chi connectivity index (χ4n) is 4.00. The molecule has 1 aromatic rings. The lowest BCUT2D eigenvalue weighted by Gasteiger charge is -2.21. The van der Waals surface area contributed by atoms with Gasteiger partial charge in [0.05, 0.1) is 0 Å². The molecule has 0 aliphatic carbocycles. The SMILES string of the molecule is Cc1c(C)c2c(c3c1[C@H]1C=C[C@@H]3O1)[C@@H]1C=C[C@H]2O1. The van der Waals surface area contributed by atoms with E-state index >= 15 is 0 Å². The molecule has 0 fully saturated rings. The molecule has 0 N–H and O–H groups in total. The summed E-state index contributed by atoms with van der Waals surface area (Å²) in [5.74, 6) is 0. The second-order valence-corrected chi connectivity index (χ2v) is 5.63. The average Bonchev–Trinajstić information content (AvgIpc) is 3.10. The minimum atomic E-state index is 0.161. The second kappa shape index (κ2) is 2.79. The molecule has 4 atom stereocenters. The molecular formula is C16H14O2. The van der Waals surface area contributed by atoms with E-state index in [1.807, 2.05) is 0 Å². The van der Waals surface area contributed by atoms with Crippen molar-refractivity contribution in [2.24, 2.45) is 0 Å². The molecule has 2 nitrogen and oxygen atoms in total. The molecule has 4 heterocycles. The van der Waals surface area contributed by atoms with Crippen molar-refractivity contribution in [3.8, 4) is 0 Å². The fraction of sp³-hybridized carbons (Fsp3) is 0.375. The standard InChI is InChI=1S/C16H14O2/c1-7-8(2)14-10-4-6-12(18-10)16(14)15-11-5-3-9(17-11)13(7)15/h3-6,9-12H,1-2H3/t9-,10-,11+,12+/m1/s1. The van der Waals surface area contributed by atoms with Gasteiger partial charge in [-0.3, -0.25) is 0 Å². The number of hydrogen-bond donors (Lipinski definition) is 0. The van der Waals surface area contributed by atoms with Crippen molar-refractivity contribution in [1.29, 1.82) is 0 Å². The molecule has 4 aliphatic rings. The Hall–Kier alpha value is -1.38. The van der Waals surface area contributed by atoms with Crippen molar-refractivity contribution in [3.63, 3.8) is 0 Å². The normalized spacial score (nSPS) is 36.6. The van der Waals surface area contributed by atoms with Gasteiger partial charge in [0.15, 0.2) is 0 Å². The smallest absolute Gasteiger partial charge is 0.103 e. The summed E-state index contributed by atoms with van der Waals surface area (Å²) in [6.45, 7) is 4.45. The van der Waals surface area contributed by atoms with Crippen LogP contribution >= 0.6 is 0 Å². The zero-order valence-corrected chi connectivity index (χ0v) is 10.4. The molecule has 0 aromatic heterocycles. The third kappa shape index (κ3) is 0.846. The molecule has 0 radical (unpaired) electrons. The first-order chi connectivity index (χ1) is 8.75. The summed E-state index contributed by atoms with van der Waals surface area (Å²) in [6.07, 6.45) is 9.44. The quantitative estimate of drug-likeness (QED) is 0.642. The van der Waals surface area contributed by atoms with E-state index in [1.165, 1.54) is 33.4 Å². The van der Waals surface area contributed by atoms with Crippen molar-refractivity contribution >= 4 is 0 Å². The van der Waals surface area contributed by atoms with Crippen LogP contribution in [0.1, 0.15) is 57.8 Å². The van der Waals surface area contributed by atoms with Crippen molar-refractivity contribution in [3.05, 3.63) is 57.7 Å². The summed E-state index contributed by atoms with van der Waals surface area (Å²) in [5.41, 5.74) is 8.40. The highest BCUT2D eigenvalue weighted by atomic mass is 16.5. The Bertz CT molecular complexity index is 597. The van der Waals surface area contributed by atoms with E-state index in [0.29, 0.717) is 0 Å². The maximum absolute atomic E-state index is 6.02. The summed E-state index contributed by atoms with van der Waals surface area (Å²) in [6, 6.07) is 0. The molecule has 2 heteroatoms. The van der Waals surface area contributed by atoms with E-state index in [4.69, 9.17) is 9.47 Å². The summed E-state index contributed by atoms with van der Waals surface area (Å²) in [7, 11) is 0. The van der Waals surface area contributed by atoms with Crippen molar-refractivity contribution in [1.82, 2.24) is 0 Å². The molecule has 0 spiro atoms. The monoisotopic (exact) mass is 238 g/mol. The zero-order chi connectivity index (χ0) is 12.0. The van der Waals surface area contributed by atoms with E-state index in [1.54, 1.807) is 0 Å². The van der Waals surface area contributed by atoms with Crippen LogP contribution in [-0.4, -0.2) is 0 Å².